The number of carbonyl (C=O) groups excluding carboxylic acids is 2. The van der Waals surface area contributed by atoms with E-state index in [1.807, 2.05) is 43.3 Å². The third kappa shape index (κ3) is 12.0. The maximum atomic E-state index is 14.0. The molecule has 87 heavy (non-hydrogen) atoms. The third-order valence-corrected chi connectivity index (χ3v) is 20.9. The lowest BCUT2D eigenvalue weighted by Crippen LogP contribution is -2.78. The molecule has 4 saturated heterocycles. The van der Waals surface area contributed by atoms with Crippen LogP contribution in [0.3, 0.4) is 0 Å². The maximum absolute atomic E-state index is 14.0. The number of ether oxygens (including phenoxy) is 13. The van der Waals surface area contributed by atoms with Crippen LogP contribution in [0.5, 0.6) is 0 Å². The first-order valence-electron chi connectivity index (χ1n) is 30.4. The van der Waals surface area contributed by atoms with Gasteiger partial charge in [-0.05, 0) is 102 Å². The first-order chi connectivity index (χ1) is 41.4. The van der Waals surface area contributed by atoms with Crippen molar-refractivity contribution in [2.45, 2.75) is 245 Å². The molecular weight excluding hydrogens is 1140 g/mol. The Hall–Kier alpha value is -3.97. The van der Waals surface area contributed by atoms with E-state index in [2.05, 4.69) is 11.9 Å². The lowest BCUT2D eigenvalue weighted by atomic mass is 9.42. The molecule has 0 spiro atoms. The number of aromatic nitrogens is 1. The maximum Gasteiger partial charge on any atom is 0.340 e. The Kier molecular flexibility index (Phi) is 20.0. The average molecular weight is 1230 g/mol. The Bertz CT molecular complexity index is 2730. The summed E-state index contributed by atoms with van der Waals surface area (Å²) >= 11 is 0. The fourth-order valence-electron chi connectivity index (χ4n) is 15.8. The summed E-state index contributed by atoms with van der Waals surface area (Å²) in [4.78, 5) is 31.5. The van der Waals surface area contributed by atoms with Crippen molar-refractivity contribution < 1.29 is 112 Å². The van der Waals surface area contributed by atoms with Crippen molar-refractivity contribution in [3.63, 3.8) is 0 Å². The van der Waals surface area contributed by atoms with E-state index in [0.29, 0.717) is 25.7 Å². The number of esters is 2. The largest absolute Gasteiger partial charge is 0.458 e. The molecule has 3 saturated carbocycles. The number of hydrogen-bond donors (Lipinski definition) is 8. The molecule has 10 rings (SSSR count). The van der Waals surface area contributed by atoms with Crippen molar-refractivity contribution in [2.75, 3.05) is 27.9 Å². The van der Waals surface area contributed by atoms with Gasteiger partial charge in [0.05, 0.1) is 54.2 Å². The van der Waals surface area contributed by atoms with Crippen LogP contribution < -0.4 is 0 Å². The van der Waals surface area contributed by atoms with Crippen LogP contribution in [0.2, 0.25) is 0 Å². The van der Waals surface area contributed by atoms with Gasteiger partial charge in [0.15, 0.2) is 25.2 Å². The summed E-state index contributed by atoms with van der Waals surface area (Å²) in [6.07, 6.45) is -11.3. The standard InChI is InChI=1S/C63H89NO23/c1-32-52(85-47-28-41(76-8)53(33(2)79-47)86-58-51(70)55(77-9)54(34(3)80-58)87-57-50(69)49(68)48(67)42(31-65)83-57)40(75-7)27-46(78-32)82-39-20-21-59(5)38(26-39)19-22-62(73)43(59)29-44(84-45(66)18-17-36-14-11-10-12-15-36)60(6)61(72,23-24-63(60,62)74)35(4)81-56(71)37-16-13-25-64-30-37/h10-19,25,30,32-35,39-44,46-55,57-58,65,67-70,72-74H,20-24,26-29,31H2,1-9H3/b18-17+/t32-,33-,34-,35+,39+,40+,41-,42-,43-,44-,46+,47+,48-,49+,50-,51-,52-,53-,54-,55-,57+,58+,59+,60-,61-,62+,63-/m1/s1. The molecule has 0 unspecified atom stereocenters. The molecule has 24 nitrogen and oxygen atoms in total. The van der Waals surface area contributed by atoms with E-state index in [1.165, 1.54) is 32.7 Å². The highest BCUT2D eigenvalue weighted by Crippen LogP contribution is 2.71. The highest BCUT2D eigenvalue weighted by molar-refractivity contribution is 5.89. The summed E-state index contributed by atoms with van der Waals surface area (Å²) in [5, 5.41) is 92.3. The lowest BCUT2D eigenvalue weighted by Gasteiger charge is -2.67. The van der Waals surface area contributed by atoms with Crippen LogP contribution in [-0.4, -0.2) is 231 Å². The second-order valence-corrected chi connectivity index (χ2v) is 25.5. The monoisotopic (exact) mass is 1230 g/mol. The molecule has 8 N–H and O–H groups in total. The van der Waals surface area contributed by atoms with Crippen LogP contribution in [0.1, 0.15) is 115 Å². The minimum Gasteiger partial charge on any atom is -0.458 e. The Morgan fingerprint density at radius 2 is 1.37 bits per heavy atom. The number of benzene rings is 1. The van der Waals surface area contributed by atoms with Gasteiger partial charge in [0.25, 0.3) is 0 Å². The quantitative estimate of drug-likeness (QED) is 0.0604. The van der Waals surface area contributed by atoms with Crippen molar-refractivity contribution >= 4 is 18.0 Å². The molecule has 24 heteroatoms. The van der Waals surface area contributed by atoms with Gasteiger partial charge in [-0.15, -0.1) is 0 Å². The Labute approximate surface area is 506 Å². The van der Waals surface area contributed by atoms with E-state index in [-0.39, 0.29) is 43.8 Å². The highest BCUT2D eigenvalue weighted by atomic mass is 16.8. The number of nitrogens with zero attached hydrogens (tertiary/aromatic N) is 1. The molecule has 0 radical (unpaired) electrons. The van der Waals surface area contributed by atoms with E-state index in [0.717, 1.165) is 11.1 Å². The van der Waals surface area contributed by atoms with E-state index in [1.54, 1.807) is 53.0 Å². The second-order valence-electron chi connectivity index (χ2n) is 25.5. The zero-order chi connectivity index (χ0) is 62.5. The van der Waals surface area contributed by atoms with Crippen molar-refractivity contribution in [1.29, 1.82) is 0 Å². The SMILES string of the molecule is CO[C@@H]1[C@@H](O)[C@H](O[C@@H]2[C@@H](C)O[C@@H](O[C@H]3[C@@H](OC)C[C@H](O[C@H]4CC[C@@]5(C)C(=CC[C@]6(O)[C@@H]5C[C@@H](OC(=O)/C=C/c5ccccc5)[C@@]5(C)[C@]6(O)CC[C@@]5(O)[C@H](C)OC(=O)c5cccnc5)C4)O[C@@H]3C)C[C@H]2OC)O[C@H](C)[C@H]1O[C@@H]1O[C@H](CO)[C@@H](O)[C@H](O)[C@H]1O. The normalized spacial score (nSPS) is 45.9. The number of hydrogen-bond acceptors (Lipinski definition) is 24. The van der Waals surface area contributed by atoms with Gasteiger partial charge >= 0.3 is 11.9 Å². The number of carbonyl (C=O) groups is 2. The first-order valence-corrected chi connectivity index (χ1v) is 30.4. The Balaban J connectivity index is 0.780. The fourth-order valence-corrected chi connectivity index (χ4v) is 15.8. The number of fused-ring (bicyclic) bond motifs is 5. The molecule has 8 aliphatic rings. The Morgan fingerprint density at radius 1 is 0.724 bits per heavy atom. The molecule has 0 amide bonds. The van der Waals surface area contributed by atoms with Gasteiger partial charge < -0.3 is 102 Å². The summed E-state index contributed by atoms with van der Waals surface area (Å²) in [5.41, 5.74) is -6.31. The summed E-state index contributed by atoms with van der Waals surface area (Å²) in [6, 6.07) is 12.4. The van der Waals surface area contributed by atoms with E-state index in [9.17, 15) is 50.4 Å². The molecule has 1 aromatic carbocycles. The molecule has 5 heterocycles. The van der Waals surface area contributed by atoms with Gasteiger partial charge in [-0.1, -0.05) is 55.8 Å². The Morgan fingerprint density at radius 3 is 2.01 bits per heavy atom. The van der Waals surface area contributed by atoms with Crippen molar-refractivity contribution in [3.8, 4) is 0 Å². The summed E-state index contributed by atoms with van der Waals surface area (Å²) in [6.45, 7) is 9.93. The number of aliphatic hydroxyl groups is 8. The van der Waals surface area contributed by atoms with Crippen LogP contribution in [0.4, 0.5) is 0 Å². The molecule has 4 aliphatic carbocycles. The van der Waals surface area contributed by atoms with Crippen molar-refractivity contribution in [2.24, 2.45) is 16.7 Å². The summed E-state index contributed by atoms with van der Waals surface area (Å²) in [5.74, 6) is -2.07. The minimum atomic E-state index is -2.03. The zero-order valence-electron chi connectivity index (χ0n) is 50.8. The molecule has 1 aromatic heterocycles. The predicted octanol–water partition coefficient (Wildman–Crippen LogP) is 2.55. The molecule has 7 fully saturated rings. The number of aliphatic hydroxyl groups excluding tert-OH is 5. The van der Waals surface area contributed by atoms with Gasteiger partial charge in [-0.25, -0.2) is 9.59 Å². The number of pyridine rings is 1. The minimum absolute atomic E-state index is 0.0348. The zero-order valence-corrected chi connectivity index (χ0v) is 50.8. The van der Waals surface area contributed by atoms with Gasteiger partial charge in [-0.2, -0.15) is 0 Å². The van der Waals surface area contributed by atoms with Gasteiger partial charge in [-0.3, -0.25) is 4.98 Å². The predicted molar refractivity (Wildman–Crippen MR) is 303 cm³/mol. The van der Waals surface area contributed by atoms with Crippen LogP contribution in [0, 0.1) is 16.7 Å². The van der Waals surface area contributed by atoms with Crippen LogP contribution >= 0.6 is 0 Å². The van der Waals surface area contributed by atoms with E-state index in [4.69, 9.17) is 61.6 Å². The second kappa shape index (κ2) is 26.3. The van der Waals surface area contributed by atoms with E-state index >= 15 is 0 Å². The van der Waals surface area contributed by atoms with Crippen molar-refractivity contribution in [3.05, 3.63) is 83.7 Å². The number of rotatable bonds is 18. The van der Waals surface area contributed by atoms with Gasteiger partial charge in [0, 0.05) is 58.6 Å². The highest BCUT2D eigenvalue weighted by Gasteiger charge is 2.81. The van der Waals surface area contributed by atoms with Crippen LogP contribution in [-0.2, 0) is 66.4 Å². The molecule has 2 aromatic rings. The summed E-state index contributed by atoms with van der Waals surface area (Å²) < 4.78 is 80.5. The van der Waals surface area contributed by atoms with Gasteiger partial charge in [0.1, 0.15) is 83.9 Å². The first kappa shape index (κ1) is 66.0. The molecule has 4 aliphatic heterocycles. The fraction of sp³-hybridized carbons (Fsp3) is 0.730. The van der Waals surface area contributed by atoms with Crippen LogP contribution in [0.15, 0.2) is 72.6 Å². The average Bonchev–Trinajstić information content (AvgIpc) is 1.60. The third-order valence-electron chi connectivity index (χ3n) is 20.9. The van der Waals surface area contributed by atoms with Crippen LogP contribution in [0.25, 0.3) is 6.08 Å². The lowest BCUT2D eigenvalue weighted by molar-refractivity contribution is -0.373. The molecule has 27 atom stereocenters. The molecular formula is C63H89NO23. The number of methoxy groups -OCH3 is 3. The smallest absolute Gasteiger partial charge is 0.340 e. The molecule has 0 bridgehead atoms. The molecule has 484 valence electrons. The summed E-state index contributed by atoms with van der Waals surface area (Å²) in [7, 11) is 4.48. The van der Waals surface area contributed by atoms with E-state index < -0.39 is 175 Å². The van der Waals surface area contributed by atoms with Gasteiger partial charge in [0.2, 0.25) is 0 Å². The topological polar surface area (TPSA) is 329 Å². The van der Waals surface area contributed by atoms with Crippen molar-refractivity contribution in [1.82, 2.24) is 4.98 Å².